The fourth-order valence-electron chi connectivity index (χ4n) is 2.67. The second-order valence-electron chi connectivity index (χ2n) is 6.49. The van der Waals surface area contributed by atoms with Crippen molar-refractivity contribution in [1.82, 2.24) is 4.90 Å². The number of alkyl halides is 3. The van der Waals surface area contributed by atoms with Gasteiger partial charge < -0.3 is 14.4 Å². The Morgan fingerprint density at radius 3 is 2.19 bits per heavy atom. The number of nitrogens with zero attached hydrogens (tertiary/aromatic N) is 1. The molecule has 0 spiro atoms. The third kappa shape index (κ3) is 6.94. The largest absolute Gasteiger partial charge is 0.416 e. The number of carbonyl (C=O) groups excluding carboxylic acids is 1. The molecule has 0 aromatic heterocycles. The number of hydrogen-bond acceptors (Lipinski definition) is 5. The molecular weight excluding hydrogens is 437 g/mol. The summed E-state index contributed by atoms with van der Waals surface area (Å²) < 4.78 is 76.1. The fourth-order valence-corrected chi connectivity index (χ4v) is 3.76. The third-order valence-corrected chi connectivity index (χ3v) is 5.63. The second kappa shape index (κ2) is 10.6. The summed E-state index contributed by atoms with van der Waals surface area (Å²) in [6.45, 7) is 1.12. The summed E-state index contributed by atoms with van der Waals surface area (Å²) in [7, 11) is -1.25. The average Bonchev–Trinajstić information content (AvgIpc) is 2.73. The lowest BCUT2D eigenvalue weighted by molar-refractivity contribution is -0.137. The van der Waals surface area contributed by atoms with Gasteiger partial charge in [-0.25, -0.2) is 8.42 Å². The molecule has 0 aliphatic carbocycles. The average molecular weight is 460 g/mol. The van der Waals surface area contributed by atoms with Gasteiger partial charge in [0, 0.05) is 38.6 Å². The molecule has 0 radical (unpaired) electrons. The maximum atomic E-state index is 12.9. The smallest absolute Gasteiger partial charge is 0.383 e. The molecule has 0 aliphatic heterocycles. The molecule has 0 aliphatic rings. The van der Waals surface area contributed by atoms with E-state index in [1.54, 1.807) is 0 Å². The molecule has 2 rings (SSSR count). The molecule has 31 heavy (non-hydrogen) atoms. The minimum atomic E-state index is -4.61. The van der Waals surface area contributed by atoms with Gasteiger partial charge in [-0.3, -0.25) is 9.52 Å². The van der Waals surface area contributed by atoms with Crippen LogP contribution in [-0.4, -0.2) is 59.7 Å². The van der Waals surface area contributed by atoms with Gasteiger partial charge in [-0.15, -0.1) is 0 Å². The van der Waals surface area contributed by atoms with Gasteiger partial charge in [0.25, 0.3) is 15.9 Å². The van der Waals surface area contributed by atoms with Crippen molar-refractivity contribution < 1.29 is 35.9 Å². The SMILES string of the molecule is COCCN(CCOC)C(=O)c1cccc(S(=O)(=O)Nc2cccc(C(F)(F)F)c2)c1. The zero-order valence-electron chi connectivity index (χ0n) is 17.0. The van der Waals surface area contributed by atoms with E-state index in [4.69, 9.17) is 9.47 Å². The number of anilines is 1. The van der Waals surface area contributed by atoms with Gasteiger partial charge in [0.05, 0.1) is 23.7 Å². The van der Waals surface area contributed by atoms with Crippen molar-refractivity contribution >= 4 is 21.6 Å². The topological polar surface area (TPSA) is 84.9 Å². The monoisotopic (exact) mass is 460 g/mol. The molecule has 1 amide bonds. The summed E-state index contributed by atoms with van der Waals surface area (Å²) in [4.78, 5) is 14.0. The van der Waals surface area contributed by atoms with E-state index in [-0.39, 0.29) is 42.4 Å². The van der Waals surface area contributed by atoms with Crippen molar-refractivity contribution in [3.63, 3.8) is 0 Å². The van der Waals surface area contributed by atoms with Crippen LogP contribution in [0.4, 0.5) is 18.9 Å². The number of methoxy groups -OCH3 is 2. The lowest BCUT2D eigenvalue weighted by atomic mass is 10.2. The zero-order chi connectivity index (χ0) is 23.1. The van der Waals surface area contributed by atoms with Crippen LogP contribution in [0.5, 0.6) is 0 Å². The van der Waals surface area contributed by atoms with Crippen LogP contribution in [0.1, 0.15) is 15.9 Å². The molecular formula is C20H23F3N2O5S. The summed E-state index contributed by atoms with van der Waals surface area (Å²) in [5, 5.41) is 0. The Morgan fingerprint density at radius 1 is 1.00 bits per heavy atom. The first kappa shape index (κ1) is 24.6. The summed E-state index contributed by atoms with van der Waals surface area (Å²) in [6, 6.07) is 9.11. The Morgan fingerprint density at radius 2 is 1.61 bits per heavy atom. The number of nitrogens with one attached hydrogen (secondary N) is 1. The molecule has 7 nitrogen and oxygen atoms in total. The summed E-state index contributed by atoms with van der Waals surface area (Å²) in [5.41, 5.74) is -1.11. The first-order valence-electron chi connectivity index (χ1n) is 9.16. The molecule has 2 aromatic rings. The number of carbonyl (C=O) groups is 1. The molecule has 2 aromatic carbocycles. The van der Waals surface area contributed by atoms with Crippen LogP contribution in [0.15, 0.2) is 53.4 Å². The highest BCUT2D eigenvalue weighted by Crippen LogP contribution is 2.31. The van der Waals surface area contributed by atoms with Crippen molar-refractivity contribution in [3.05, 3.63) is 59.7 Å². The second-order valence-corrected chi connectivity index (χ2v) is 8.17. The van der Waals surface area contributed by atoms with Crippen LogP contribution in [0.25, 0.3) is 0 Å². The van der Waals surface area contributed by atoms with Crippen LogP contribution < -0.4 is 4.72 Å². The zero-order valence-corrected chi connectivity index (χ0v) is 17.8. The Bertz CT molecular complexity index is 988. The number of benzene rings is 2. The molecule has 0 heterocycles. The van der Waals surface area contributed by atoms with Crippen molar-refractivity contribution in [2.24, 2.45) is 0 Å². The Balaban J connectivity index is 2.27. The number of amides is 1. The minimum Gasteiger partial charge on any atom is -0.383 e. The molecule has 0 saturated carbocycles. The molecule has 0 fully saturated rings. The highest BCUT2D eigenvalue weighted by Gasteiger charge is 2.30. The molecule has 170 valence electrons. The third-order valence-electron chi connectivity index (χ3n) is 4.25. The van der Waals surface area contributed by atoms with Crippen LogP contribution in [0.2, 0.25) is 0 Å². The van der Waals surface area contributed by atoms with Gasteiger partial charge in [-0.05, 0) is 36.4 Å². The molecule has 1 N–H and O–H groups in total. The van der Waals surface area contributed by atoms with Gasteiger partial charge in [-0.1, -0.05) is 12.1 Å². The quantitative estimate of drug-likeness (QED) is 0.589. The summed E-state index contributed by atoms with van der Waals surface area (Å²) in [5.74, 6) is -0.426. The van der Waals surface area contributed by atoms with Crippen LogP contribution >= 0.6 is 0 Å². The standard InChI is InChI=1S/C20H23F3N2O5S/c1-29-11-9-25(10-12-30-2)19(26)15-5-3-8-18(13-15)31(27,28)24-17-7-4-6-16(14-17)20(21,22)23/h3-8,13-14,24H,9-12H2,1-2H3. The van der Waals surface area contributed by atoms with Crippen molar-refractivity contribution in [2.45, 2.75) is 11.1 Å². The van der Waals surface area contributed by atoms with Crippen LogP contribution in [0.3, 0.4) is 0 Å². The Kier molecular flexibility index (Phi) is 8.43. The van der Waals surface area contributed by atoms with Crippen LogP contribution in [0, 0.1) is 0 Å². The number of halogens is 3. The maximum Gasteiger partial charge on any atom is 0.416 e. The maximum absolute atomic E-state index is 12.9. The van der Waals surface area contributed by atoms with Gasteiger partial charge >= 0.3 is 6.18 Å². The van der Waals surface area contributed by atoms with Crippen molar-refractivity contribution in [1.29, 1.82) is 0 Å². The Hall–Kier alpha value is -2.63. The number of hydrogen-bond donors (Lipinski definition) is 1. The first-order chi connectivity index (χ1) is 14.6. The molecule has 0 unspecified atom stereocenters. The van der Waals surface area contributed by atoms with Gasteiger partial charge in [0.1, 0.15) is 0 Å². The first-order valence-corrected chi connectivity index (χ1v) is 10.6. The van der Waals surface area contributed by atoms with Crippen molar-refractivity contribution in [2.75, 3.05) is 45.2 Å². The highest BCUT2D eigenvalue weighted by atomic mass is 32.2. The van der Waals surface area contributed by atoms with E-state index in [1.807, 2.05) is 0 Å². The predicted molar refractivity (Wildman–Crippen MR) is 108 cm³/mol. The van der Waals surface area contributed by atoms with Gasteiger partial charge in [0.15, 0.2) is 0 Å². The highest BCUT2D eigenvalue weighted by molar-refractivity contribution is 7.92. The van der Waals surface area contributed by atoms with E-state index in [0.717, 1.165) is 12.1 Å². The van der Waals surface area contributed by atoms with Gasteiger partial charge in [-0.2, -0.15) is 13.2 Å². The Labute approximate surface area is 178 Å². The van der Waals surface area contributed by atoms with Crippen molar-refractivity contribution in [3.8, 4) is 0 Å². The summed E-state index contributed by atoms with van der Waals surface area (Å²) >= 11 is 0. The lowest BCUT2D eigenvalue weighted by Gasteiger charge is -2.22. The van der Waals surface area contributed by atoms with E-state index in [0.29, 0.717) is 6.07 Å². The normalized spacial score (nSPS) is 11.9. The van der Waals surface area contributed by atoms with E-state index >= 15 is 0 Å². The molecule has 11 heteroatoms. The minimum absolute atomic E-state index is 0.110. The summed E-state index contributed by atoms with van der Waals surface area (Å²) in [6.07, 6.45) is -4.61. The molecule has 0 atom stereocenters. The lowest BCUT2D eigenvalue weighted by Crippen LogP contribution is -2.36. The predicted octanol–water partition coefficient (Wildman–Crippen LogP) is 3.24. The van der Waals surface area contributed by atoms with E-state index in [2.05, 4.69) is 4.72 Å². The number of rotatable bonds is 10. The number of ether oxygens (including phenoxy) is 2. The van der Waals surface area contributed by atoms with Gasteiger partial charge in [0.2, 0.25) is 0 Å². The van der Waals surface area contributed by atoms with E-state index in [1.165, 1.54) is 49.5 Å². The number of sulfonamides is 1. The fraction of sp³-hybridized carbons (Fsp3) is 0.350. The van der Waals surface area contributed by atoms with E-state index < -0.39 is 27.7 Å². The van der Waals surface area contributed by atoms with E-state index in [9.17, 15) is 26.4 Å². The molecule has 0 saturated heterocycles. The van der Waals surface area contributed by atoms with Crippen LogP contribution in [-0.2, 0) is 25.7 Å². The molecule has 0 bridgehead atoms.